The molecule has 0 aromatic heterocycles. The number of likely N-dealkylation sites (N-methyl/N-ethyl adjacent to an activating group) is 1. The molecule has 1 aliphatic heterocycles. The van der Waals surface area contributed by atoms with E-state index in [2.05, 4.69) is 24.2 Å². The van der Waals surface area contributed by atoms with E-state index >= 15 is 0 Å². The van der Waals surface area contributed by atoms with E-state index < -0.39 is 0 Å². The van der Waals surface area contributed by atoms with Crippen molar-refractivity contribution >= 4 is 0 Å². The quantitative estimate of drug-likeness (QED) is 0.646. The van der Waals surface area contributed by atoms with Crippen LogP contribution in [0.3, 0.4) is 0 Å². The zero-order chi connectivity index (χ0) is 9.68. The first kappa shape index (κ1) is 11.0. The van der Waals surface area contributed by atoms with Gasteiger partial charge in [-0.2, -0.15) is 0 Å². The molecule has 2 atom stereocenters. The maximum absolute atomic E-state index is 5.55. The molecule has 1 heterocycles. The molecule has 0 radical (unpaired) electrons. The summed E-state index contributed by atoms with van der Waals surface area (Å²) in [5.41, 5.74) is 5.55. The SMILES string of the molecule is CC(CN)CCNC1CCN(C)C1. The van der Waals surface area contributed by atoms with Crippen LogP contribution in [-0.2, 0) is 0 Å². The van der Waals surface area contributed by atoms with E-state index in [1.165, 1.54) is 25.9 Å². The third kappa shape index (κ3) is 4.07. The van der Waals surface area contributed by atoms with Gasteiger partial charge in [0.1, 0.15) is 0 Å². The first-order valence-corrected chi connectivity index (χ1v) is 5.34. The van der Waals surface area contributed by atoms with Crippen LogP contribution < -0.4 is 11.1 Å². The molecule has 0 bridgehead atoms. The smallest absolute Gasteiger partial charge is 0.0207 e. The van der Waals surface area contributed by atoms with Gasteiger partial charge in [-0.25, -0.2) is 0 Å². The Hall–Kier alpha value is -0.120. The summed E-state index contributed by atoms with van der Waals surface area (Å²) in [5.74, 6) is 0.659. The molecular weight excluding hydrogens is 162 g/mol. The second-order valence-corrected chi connectivity index (χ2v) is 4.33. The molecular formula is C10H23N3. The molecule has 3 nitrogen and oxygen atoms in total. The Balaban J connectivity index is 2.00. The van der Waals surface area contributed by atoms with E-state index in [1.54, 1.807) is 0 Å². The Morgan fingerprint density at radius 1 is 1.62 bits per heavy atom. The molecule has 1 rings (SSSR count). The van der Waals surface area contributed by atoms with Crippen molar-refractivity contribution in [1.29, 1.82) is 0 Å². The van der Waals surface area contributed by atoms with E-state index in [1.807, 2.05) is 0 Å². The van der Waals surface area contributed by atoms with Crippen LogP contribution >= 0.6 is 0 Å². The van der Waals surface area contributed by atoms with Crippen LogP contribution in [0.4, 0.5) is 0 Å². The van der Waals surface area contributed by atoms with Crippen molar-refractivity contribution in [2.75, 3.05) is 33.2 Å². The first-order chi connectivity index (χ1) is 6.22. The predicted molar refractivity (Wildman–Crippen MR) is 56.7 cm³/mol. The van der Waals surface area contributed by atoms with E-state index in [9.17, 15) is 0 Å². The number of likely N-dealkylation sites (tertiary alicyclic amines) is 1. The highest BCUT2D eigenvalue weighted by molar-refractivity contribution is 4.78. The van der Waals surface area contributed by atoms with Crippen LogP contribution in [0, 0.1) is 5.92 Å². The number of nitrogens with two attached hydrogens (primary N) is 1. The van der Waals surface area contributed by atoms with Gasteiger partial charge in [-0.05, 0) is 45.4 Å². The van der Waals surface area contributed by atoms with E-state index in [0.29, 0.717) is 5.92 Å². The Morgan fingerprint density at radius 2 is 2.38 bits per heavy atom. The van der Waals surface area contributed by atoms with Crippen molar-refractivity contribution in [2.24, 2.45) is 11.7 Å². The van der Waals surface area contributed by atoms with Crippen LogP contribution in [0.5, 0.6) is 0 Å². The van der Waals surface area contributed by atoms with Gasteiger partial charge in [-0.1, -0.05) is 6.92 Å². The minimum absolute atomic E-state index is 0.659. The fourth-order valence-electron chi connectivity index (χ4n) is 1.75. The van der Waals surface area contributed by atoms with E-state index in [4.69, 9.17) is 5.73 Å². The highest BCUT2D eigenvalue weighted by Gasteiger charge is 2.18. The molecule has 3 heteroatoms. The monoisotopic (exact) mass is 185 g/mol. The molecule has 0 aromatic rings. The topological polar surface area (TPSA) is 41.3 Å². The molecule has 0 aromatic carbocycles. The Kier molecular flexibility index (Phi) is 4.70. The Labute approximate surface area is 81.7 Å². The van der Waals surface area contributed by atoms with Crippen LogP contribution in [0.25, 0.3) is 0 Å². The molecule has 13 heavy (non-hydrogen) atoms. The standard InChI is InChI=1S/C10H23N3/c1-9(7-11)3-5-12-10-4-6-13(2)8-10/h9-10,12H,3-8,11H2,1-2H3. The van der Waals surface area contributed by atoms with E-state index in [-0.39, 0.29) is 0 Å². The summed E-state index contributed by atoms with van der Waals surface area (Å²) in [6.45, 7) is 6.59. The highest BCUT2D eigenvalue weighted by atomic mass is 15.2. The average Bonchev–Trinajstić information content (AvgIpc) is 2.51. The zero-order valence-corrected chi connectivity index (χ0v) is 8.92. The maximum atomic E-state index is 5.55. The molecule has 78 valence electrons. The average molecular weight is 185 g/mol. The summed E-state index contributed by atoms with van der Waals surface area (Å²) in [6.07, 6.45) is 2.50. The van der Waals surface area contributed by atoms with Crippen molar-refractivity contribution in [3.05, 3.63) is 0 Å². The summed E-state index contributed by atoms with van der Waals surface area (Å²) in [5, 5.41) is 3.58. The van der Waals surface area contributed by atoms with Crippen molar-refractivity contribution in [3.8, 4) is 0 Å². The van der Waals surface area contributed by atoms with E-state index in [0.717, 1.165) is 19.1 Å². The number of rotatable bonds is 5. The minimum atomic E-state index is 0.659. The fourth-order valence-corrected chi connectivity index (χ4v) is 1.75. The first-order valence-electron chi connectivity index (χ1n) is 5.34. The van der Waals surface area contributed by atoms with Gasteiger partial charge in [-0.3, -0.25) is 0 Å². The van der Waals surface area contributed by atoms with Gasteiger partial charge in [-0.15, -0.1) is 0 Å². The fraction of sp³-hybridized carbons (Fsp3) is 1.00. The number of nitrogens with zero attached hydrogens (tertiary/aromatic N) is 1. The van der Waals surface area contributed by atoms with Gasteiger partial charge in [0, 0.05) is 12.6 Å². The lowest BCUT2D eigenvalue weighted by Crippen LogP contribution is -2.33. The zero-order valence-electron chi connectivity index (χ0n) is 8.92. The molecule has 0 spiro atoms. The predicted octanol–water partition coefficient (Wildman–Crippen LogP) is 0.265. The van der Waals surface area contributed by atoms with Gasteiger partial charge in [0.05, 0.1) is 0 Å². The third-order valence-corrected chi connectivity index (χ3v) is 2.86. The van der Waals surface area contributed by atoms with Gasteiger partial charge in [0.25, 0.3) is 0 Å². The number of hydrogen-bond donors (Lipinski definition) is 2. The molecule has 0 amide bonds. The van der Waals surface area contributed by atoms with Crippen LogP contribution in [0.2, 0.25) is 0 Å². The normalized spacial score (nSPS) is 26.5. The van der Waals surface area contributed by atoms with Crippen LogP contribution in [0.15, 0.2) is 0 Å². The van der Waals surface area contributed by atoms with Crippen LogP contribution in [-0.4, -0.2) is 44.2 Å². The lowest BCUT2D eigenvalue weighted by molar-refractivity contribution is 0.392. The molecule has 0 aliphatic carbocycles. The summed E-state index contributed by atoms with van der Waals surface area (Å²) in [7, 11) is 2.18. The lowest BCUT2D eigenvalue weighted by Gasteiger charge is -2.14. The molecule has 0 saturated carbocycles. The van der Waals surface area contributed by atoms with Crippen molar-refractivity contribution < 1.29 is 0 Å². The number of hydrogen-bond acceptors (Lipinski definition) is 3. The second-order valence-electron chi connectivity index (χ2n) is 4.33. The largest absolute Gasteiger partial charge is 0.330 e. The van der Waals surface area contributed by atoms with Gasteiger partial charge in [0.2, 0.25) is 0 Å². The summed E-state index contributed by atoms with van der Waals surface area (Å²) in [4.78, 5) is 2.38. The number of nitrogens with one attached hydrogen (secondary N) is 1. The highest BCUT2D eigenvalue weighted by Crippen LogP contribution is 2.06. The Morgan fingerprint density at radius 3 is 2.92 bits per heavy atom. The molecule has 1 fully saturated rings. The molecule has 3 N–H and O–H groups in total. The van der Waals surface area contributed by atoms with Crippen molar-refractivity contribution in [2.45, 2.75) is 25.8 Å². The summed E-state index contributed by atoms with van der Waals surface area (Å²) >= 11 is 0. The summed E-state index contributed by atoms with van der Waals surface area (Å²) < 4.78 is 0. The molecule has 1 aliphatic rings. The van der Waals surface area contributed by atoms with Crippen molar-refractivity contribution in [1.82, 2.24) is 10.2 Å². The van der Waals surface area contributed by atoms with Crippen molar-refractivity contribution in [3.63, 3.8) is 0 Å². The minimum Gasteiger partial charge on any atom is -0.330 e. The molecule has 2 unspecified atom stereocenters. The lowest BCUT2D eigenvalue weighted by atomic mass is 10.1. The van der Waals surface area contributed by atoms with Gasteiger partial charge < -0.3 is 16.0 Å². The molecule has 1 saturated heterocycles. The Bertz CT molecular complexity index is 138. The maximum Gasteiger partial charge on any atom is 0.0207 e. The summed E-state index contributed by atoms with van der Waals surface area (Å²) in [6, 6.07) is 0.718. The van der Waals surface area contributed by atoms with Crippen LogP contribution in [0.1, 0.15) is 19.8 Å². The van der Waals surface area contributed by atoms with Gasteiger partial charge >= 0.3 is 0 Å². The second kappa shape index (κ2) is 5.58. The van der Waals surface area contributed by atoms with Gasteiger partial charge in [0.15, 0.2) is 0 Å². The third-order valence-electron chi connectivity index (χ3n) is 2.86.